The Morgan fingerprint density at radius 1 is 1.12 bits per heavy atom. The van der Waals surface area contributed by atoms with E-state index in [9.17, 15) is 9.59 Å². The Morgan fingerprint density at radius 3 is 2.64 bits per heavy atom. The van der Waals surface area contributed by atoms with Gasteiger partial charge in [0.1, 0.15) is 22.9 Å². The lowest BCUT2D eigenvalue weighted by Crippen LogP contribution is -2.38. The van der Waals surface area contributed by atoms with Gasteiger partial charge in [0.2, 0.25) is 0 Å². The van der Waals surface area contributed by atoms with Gasteiger partial charge in [-0.15, -0.1) is 0 Å². The molecule has 3 aromatic heterocycles. The van der Waals surface area contributed by atoms with Crippen LogP contribution in [0, 0.1) is 6.92 Å². The van der Waals surface area contributed by atoms with Crippen molar-refractivity contribution in [2.24, 2.45) is 7.05 Å². The fourth-order valence-electron chi connectivity index (χ4n) is 5.58. The molecule has 1 fully saturated rings. The number of hydrogen-bond acceptors (Lipinski definition) is 8. The van der Waals surface area contributed by atoms with Gasteiger partial charge in [-0.05, 0) is 56.0 Å². The monoisotopic (exact) mass is 566 g/mol. The number of nitrogens with one attached hydrogen (secondary N) is 1. The zero-order chi connectivity index (χ0) is 29.2. The number of pyridine rings is 1. The third-order valence-electron chi connectivity index (χ3n) is 8.01. The van der Waals surface area contributed by atoms with Gasteiger partial charge in [0.05, 0.1) is 36.5 Å². The van der Waals surface area contributed by atoms with Gasteiger partial charge in [-0.25, -0.2) is 19.6 Å². The molecule has 4 aromatic rings. The molecule has 1 amide bonds. The summed E-state index contributed by atoms with van der Waals surface area (Å²) in [4.78, 5) is 42.6. The van der Waals surface area contributed by atoms with Gasteiger partial charge in [-0.2, -0.15) is 0 Å². The molecule has 6 rings (SSSR count). The topological polar surface area (TPSA) is 133 Å². The van der Waals surface area contributed by atoms with Crippen molar-refractivity contribution in [1.82, 2.24) is 29.6 Å². The first-order valence-electron chi connectivity index (χ1n) is 14.2. The Labute approximate surface area is 243 Å². The first-order valence-corrected chi connectivity index (χ1v) is 14.2. The van der Waals surface area contributed by atoms with E-state index in [-0.39, 0.29) is 23.1 Å². The molecule has 3 N–H and O–H groups in total. The van der Waals surface area contributed by atoms with Gasteiger partial charge in [0, 0.05) is 37.9 Å². The second kappa shape index (κ2) is 11.6. The van der Waals surface area contributed by atoms with Crippen molar-refractivity contribution < 1.29 is 9.53 Å². The normalized spacial score (nSPS) is 17.1. The van der Waals surface area contributed by atoms with E-state index in [2.05, 4.69) is 26.3 Å². The van der Waals surface area contributed by atoms with E-state index in [1.807, 2.05) is 42.5 Å². The summed E-state index contributed by atoms with van der Waals surface area (Å²) >= 11 is 0. The van der Waals surface area contributed by atoms with Crippen LogP contribution in [0.4, 0.5) is 11.6 Å². The number of anilines is 2. The summed E-state index contributed by atoms with van der Waals surface area (Å²) < 4.78 is 8.70. The molecule has 1 atom stereocenters. The molecule has 1 unspecified atom stereocenters. The molecule has 0 bridgehead atoms. The zero-order valence-electron chi connectivity index (χ0n) is 23.8. The lowest BCUT2D eigenvalue weighted by atomic mass is 9.92. The number of benzene rings is 1. The SMILES string of the molecule is Cc1c(C(=O)NC2CC=C(c3nc(-c4ccnc(N5CCOCC5)c4)cnc3N)CC2)c(=O)n(-c2ccccc2)n1C. The molecule has 216 valence electrons. The number of aromatic nitrogens is 5. The Bertz CT molecular complexity index is 1700. The van der Waals surface area contributed by atoms with Crippen molar-refractivity contribution in [3.05, 3.63) is 88.2 Å². The molecular formula is C31H34N8O3. The summed E-state index contributed by atoms with van der Waals surface area (Å²) in [5, 5.41) is 3.07. The summed E-state index contributed by atoms with van der Waals surface area (Å²) in [6.07, 6.45) is 7.50. The van der Waals surface area contributed by atoms with Gasteiger partial charge in [0.25, 0.3) is 11.5 Å². The molecule has 1 aliphatic carbocycles. The van der Waals surface area contributed by atoms with Gasteiger partial charge in [0.15, 0.2) is 0 Å². The van der Waals surface area contributed by atoms with Crippen molar-refractivity contribution in [3.8, 4) is 16.9 Å². The quantitative estimate of drug-likeness (QED) is 0.364. The minimum atomic E-state index is -0.361. The van der Waals surface area contributed by atoms with Gasteiger partial charge >= 0.3 is 0 Å². The second-order valence-corrected chi connectivity index (χ2v) is 10.6. The van der Waals surface area contributed by atoms with Crippen LogP contribution >= 0.6 is 0 Å². The number of morpholine rings is 1. The molecular weight excluding hydrogens is 532 g/mol. The lowest BCUT2D eigenvalue weighted by molar-refractivity contribution is 0.0933. The van der Waals surface area contributed by atoms with E-state index in [0.29, 0.717) is 55.4 Å². The number of hydrogen-bond donors (Lipinski definition) is 2. The van der Waals surface area contributed by atoms with Gasteiger partial charge in [-0.3, -0.25) is 14.3 Å². The van der Waals surface area contributed by atoms with E-state index >= 15 is 0 Å². The predicted octanol–water partition coefficient (Wildman–Crippen LogP) is 3.12. The van der Waals surface area contributed by atoms with Crippen LogP contribution in [-0.4, -0.2) is 62.6 Å². The van der Waals surface area contributed by atoms with Crippen LogP contribution in [-0.2, 0) is 11.8 Å². The number of ether oxygens (including phenoxy) is 1. The molecule has 11 heteroatoms. The Kier molecular flexibility index (Phi) is 7.58. The largest absolute Gasteiger partial charge is 0.382 e. The molecule has 0 spiro atoms. The lowest BCUT2D eigenvalue weighted by Gasteiger charge is -2.28. The summed E-state index contributed by atoms with van der Waals surface area (Å²) in [5.41, 5.74) is 10.7. The minimum absolute atomic E-state index is 0.112. The average molecular weight is 567 g/mol. The minimum Gasteiger partial charge on any atom is -0.382 e. The molecule has 0 radical (unpaired) electrons. The standard InChI is InChI=1S/C31H34N8O3/c1-20-27(31(41)39(37(20)2)24-6-4-3-5-7-24)30(40)35-23-10-8-21(9-11-23)28-29(32)34-19-25(36-28)22-12-13-33-26(18-22)38-14-16-42-17-15-38/h3-8,12-13,18-19,23H,9-11,14-17H2,1-2H3,(H2,32,34)(H,35,40). The number of nitrogens with zero attached hydrogens (tertiary/aromatic N) is 6. The number of carbonyl (C=O) groups excluding carboxylic acids is 1. The van der Waals surface area contributed by atoms with Crippen LogP contribution in [0.25, 0.3) is 22.5 Å². The highest BCUT2D eigenvalue weighted by Gasteiger charge is 2.26. The number of rotatable bonds is 6. The smallest absolute Gasteiger partial charge is 0.284 e. The summed E-state index contributed by atoms with van der Waals surface area (Å²) in [6, 6.07) is 13.1. The molecule has 4 heterocycles. The number of allylic oxidation sites excluding steroid dienone is 1. The third-order valence-corrected chi connectivity index (χ3v) is 8.01. The maximum atomic E-state index is 13.3. The molecule has 1 aliphatic heterocycles. The third kappa shape index (κ3) is 5.30. The fraction of sp³-hybridized carbons (Fsp3) is 0.323. The van der Waals surface area contributed by atoms with Crippen LogP contribution in [0.15, 0.2) is 65.7 Å². The number of nitrogens with two attached hydrogens (primary N) is 1. The highest BCUT2D eigenvalue weighted by molar-refractivity contribution is 5.95. The maximum Gasteiger partial charge on any atom is 0.284 e. The first-order chi connectivity index (χ1) is 20.4. The van der Waals surface area contributed by atoms with E-state index in [1.165, 1.54) is 4.68 Å². The molecule has 0 saturated carbocycles. The van der Waals surface area contributed by atoms with Gasteiger partial charge < -0.3 is 20.7 Å². The summed E-state index contributed by atoms with van der Waals surface area (Å²) in [5.74, 6) is 0.895. The highest BCUT2D eigenvalue weighted by atomic mass is 16.5. The van der Waals surface area contributed by atoms with Crippen molar-refractivity contribution in [3.63, 3.8) is 0 Å². The Hall–Kier alpha value is -4.77. The average Bonchev–Trinajstić information content (AvgIpc) is 3.25. The predicted molar refractivity (Wildman–Crippen MR) is 162 cm³/mol. The first kappa shape index (κ1) is 27.4. The molecule has 1 saturated heterocycles. The van der Waals surface area contributed by atoms with Crippen LogP contribution < -0.4 is 21.5 Å². The van der Waals surface area contributed by atoms with Crippen molar-refractivity contribution in [1.29, 1.82) is 0 Å². The van der Waals surface area contributed by atoms with Crippen molar-refractivity contribution in [2.45, 2.75) is 32.2 Å². The van der Waals surface area contributed by atoms with Crippen LogP contribution in [0.3, 0.4) is 0 Å². The Morgan fingerprint density at radius 2 is 1.90 bits per heavy atom. The van der Waals surface area contributed by atoms with Crippen LogP contribution in [0.1, 0.15) is 41.0 Å². The summed E-state index contributed by atoms with van der Waals surface area (Å²) in [6.45, 7) is 4.75. The molecule has 42 heavy (non-hydrogen) atoms. The molecule has 11 nitrogen and oxygen atoms in total. The number of para-hydroxylation sites is 1. The maximum absolute atomic E-state index is 13.3. The number of nitrogen functional groups attached to an aromatic ring is 1. The van der Waals surface area contributed by atoms with Crippen molar-refractivity contribution in [2.75, 3.05) is 36.9 Å². The van der Waals surface area contributed by atoms with Crippen LogP contribution in [0.2, 0.25) is 0 Å². The highest BCUT2D eigenvalue weighted by Crippen LogP contribution is 2.31. The van der Waals surface area contributed by atoms with Gasteiger partial charge in [-0.1, -0.05) is 24.3 Å². The van der Waals surface area contributed by atoms with E-state index < -0.39 is 0 Å². The number of carbonyl (C=O) groups is 1. The fourth-order valence-corrected chi connectivity index (χ4v) is 5.58. The Balaban J connectivity index is 1.18. The molecule has 1 aromatic carbocycles. The number of amides is 1. The second-order valence-electron chi connectivity index (χ2n) is 10.6. The summed E-state index contributed by atoms with van der Waals surface area (Å²) in [7, 11) is 1.78. The molecule has 2 aliphatic rings. The van der Waals surface area contributed by atoms with E-state index in [4.69, 9.17) is 15.5 Å². The zero-order valence-corrected chi connectivity index (χ0v) is 23.8. The van der Waals surface area contributed by atoms with E-state index in [0.717, 1.165) is 35.7 Å². The van der Waals surface area contributed by atoms with Crippen LogP contribution in [0.5, 0.6) is 0 Å². The van der Waals surface area contributed by atoms with Crippen molar-refractivity contribution >= 4 is 23.1 Å². The van der Waals surface area contributed by atoms with E-state index in [1.54, 1.807) is 31.0 Å².